The predicted octanol–water partition coefficient (Wildman–Crippen LogP) is 2.94. The molecule has 0 spiro atoms. The van der Waals surface area contributed by atoms with E-state index in [1.54, 1.807) is 0 Å². The van der Waals surface area contributed by atoms with E-state index in [2.05, 4.69) is 43.1 Å². The number of benzene rings is 1. The number of hydrogen-bond acceptors (Lipinski definition) is 2. The molecule has 2 N–H and O–H groups in total. The van der Waals surface area contributed by atoms with Gasteiger partial charge >= 0.3 is 0 Å². The van der Waals surface area contributed by atoms with Crippen LogP contribution in [0.4, 0.5) is 0 Å². The van der Waals surface area contributed by atoms with E-state index in [1.807, 2.05) is 0 Å². The summed E-state index contributed by atoms with van der Waals surface area (Å²) in [6.45, 7) is 4.04. The van der Waals surface area contributed by atoms with Crippen molar-refractivity contribution in [3.8, 4) is 0 Å². The van der Waals surface area contributed by atoms with Crippen molar-refractivity contribution in [3.05, 3.63) is 35.4 Å². The van der Waals surface area contributed by atoms with Gasteiger partial charge in [0.2, 0.25) is 0 Å². The van der Waals surface area contributed by atoms with Crippen LogP contribution in [0.5, 0.6) is 0 Å². The van der Waals surface area contributed by atoms with Crippen molar-refractivity contribution in [2.75, 3.05) is 13.6 Å². The third kappa shape index (κ3) is 3.33. The van der Waals surface area contributed by atoms with Crippen molar-refractivity contribution >= 4 is 0 Å². The van der Waals surface area contributed by atoms with Crippen LogP contribution in [-0.2, 0) is 6.54 Å². The van der Waals surface area contributed by atoms with Crippen LogP contribution in [0.3, 0.4) is 0 Å². The Morgan fingerprint density at radius 2 is 2.06 bits per heavy atom. The summed E-state index contributed by atoms with van der Waals surface area (Å²) in [5.41, 5.74) is 8.69. The third-order valence-corrected chi connectivity index (χ3v) is 4.25. The molecular formula is C16H26N2. The number of aryl methyl sites for hydroxylation is 1. The standard InChI is InChI=1S/C16H26N2/c1-13-6-5-7-14(10-13)12-18(2)16-9-4-3-8-15(16)11-17/h5-7,10,15-16H,3-4,8-9,11-12,17H2,1-2H3. The van der Waals surface area contributed by atoms with Gasteiger partial charge in [0.1, 0.15) is 0 Å². The average Bonchev–Trinajstić information content (AvgIpc) is 2.38. The molecular weight excluding hydrogens is 220 g/mol. The van der Waals surface area contributed by atoms with Gasteiger partial charge in [-0.3, -0.25) is 4.90 Å². The monoisotopic (exact) mass is 246 g/mol. The molecule has 1 aliphatic carbocycles. The van der Waals surface area contributed by atoms with Gasteiger partial charge < -0.3 is 5.73 Å². The minimum Gasteiger partial charge on any atom is -0.330 e. The fourth-order valence-corrected chi connectivity index (χ4v) is 3.26. The van der Waals surface area contributed by atoms with Crippen LogP contribution in [-0.4, -0.2) is 24.5 Å². The average molecular weight is 246 g/mol. The minimum absolute atomic E-state index is 0.671. The highest BCUT2D eigenvalue weighted by molar-refractivity contribution is 5.22. The molecule has 0 aromatic heterocycles. The summed E-state index contributed by atoms with van der Waals surface area (Å²) in [6.07, 6.45) is 5.33. The molecule has 2 rings (SSSR count). The lowest BCUT2D eigenvalue weighted by Gasteiger charge is -2.37. The van der Waals surface area contributed by atoms with Crippen molar-refractivity contribution in [2.45, 2.75) is 45.2 Å². The Morgan fingerprint density at radius 1 is 1.28 bits per heavy atom. The number of nitrogens with zero attached hydrogens (tertiary/aromatic N) is 1. The molecule has 2 unspecified atom stereocenters. The van der Waals surface area contributed by atoms with E-state index in [4.69, 9.17) is 5.73 Å². The Morgan fingerprint density at radius 3 is 2.78 bits per heavy atom. The van der Waals surface area contributed by atoms with Crippen molar-refractivity contribution < 1.29 is 0 Å². The summed E-state index contributed by atoms with van der Waals surface area (Å²) >= 11 is 0. The van der Waals surface area contributed by atoms with E-state index in [1.165, 1.54) is 36.8 Å². The van der Waals surface area contributed by atoms with Crippen molar-refractivity contribution in [1.29, 1.82) is 0 Å². The molecule has 1 saturated carbocycles. The maximum absolute atomic E-state index is 5.92. The number of hydrogen-bond donors (Lipinski definition) is 1. The molecule has 0 radical (unpaired) electrons. The second kappa shape index (κ2) is 6.35. The van der Waals surface area contributed by atoms with E-state index in [0.29, 0.717) is 12.0 Å². The van der Waals surface area contributed by atoms with E-state index >= 15 is 0 Å². The lowest BCUT2D eigenvalue weighted by Crippen LogP contribution is -2.42. The minimum atomic E-state index is 0.671. The van der Waals surface area contributed by atoms with Gasteiger partial charge in [0.15, 0.2) is 0 Å². The first-order valence-corrected chi connectivity index (χ1v) is 7.16. The van der Waals surface area contributed by atoms with Crippen LogP contribution < -0.4 is 5.73 Å². The Balaban J connectivity index is 1.99. The number of nitrogens with two attached hydrogens (primary N) is 1. The van der Waals surface area contributed by atoms with Gasteiger partial charge in [0, 0.05) is 12.6 Å². The maximum atomic E-state index is 5.92. The molecule has 0 heterocycles. The molecule has 0 bridgehead atoms. The van der Waals surface area contributed by atoms with E-state index in [-0.39, 0.29) is 0 Å². The van der Waals surface area contributed by atoms with Crippen molar-refractivity contribution in [2.24, 2.45) is 11.7 Å². The first-order valence-electron chi connectivity index (χ1n) is 7.16. The highest BCUT2D eigenvalue weighted by atomic mass is 15.1. The quantitative estimate of drug-likeness (QED) is 0.885. The third-order valence-electron chi connectivity index (χ3n) is 4.25. The first-order chi connectivity index (χ1) is 8.70. The Kier molecular flexibility index (Phi) is 4.79. The molecule has 2 nitrogen and oxygen atoms in total. The molecule has 0 amide bonds. The van der Waals surface area contributed by atoms with Crippen molar-refractivity contribution in [3.63, 3.8) is 0 Å². The largest absolute Gasteiger partial charge is 0.330 e. The first kappa shape index (κ1) is 13.6. The molecule has 1 aromatic rings. The van der Waals surface area contributed by atoms with Gasteiger partial charge in [0.05, 0.1) is 0 Å². The summed E-state index contributed by atoms with van der Waals surface area (Å²) < 4.78 is 0. The molecule has 2 atom stereocenters. The van der Waals surface area contributed by atoms with Gasteiger partial charge in [-0.05, 0) is 44.8 Å². The Hall–Kier alpha value is -0.860. The molecule has 18 heavy (non-hydrogen) atoms. The van der Waals surface area contributed by atoms with E-state index < -0.39 is 0 Å². The fraction of sp³-hybridized carbons (Fsp3) is 0.625. The van der Waals surface area contributed by atoms with Crippen molar-refractivity contribution in [1.82, 2.24) is 4.90 Å². The van der Waals surface area contributed by atoms with Crippen LogP contribution >= 0.6 is 0 Å². The lowest BCUT2D eigenvalue weighted by molar-refractivity contribution is 0.127. The summed E-state index contributed by atoms with van der Waals surface area (Å²) in [6, 6.07) is 9.50. The topological polar surface area (TPSA) is 29.3 Å². The molecule has 1 aliphatic rings. The fourth-order valence-electron chi connectivity index (χ4n) is 3.26. The van der Waals surface area contributed by atoms with Gasteiger partial charge in [0.25, 0.3) is 0 Å². The summed E-state index contributed by atoms with van der Waals surface area (Å²) in [4.78, 5) is 2.51. The summed E-state index contributed by atoms with van der Waals surface area (Å²) in [5.74, 6) is 0.688. The van der Waals surface area contributed by atoms with Crippen LogP contribution in [0.15, 0.2) is 24.3 Å². The second-order valence-electron chi connectivity index (χ2n) is 5.75. The Bertz CT molecular complexity index is 375. The van der Waals surface area contributed by atoms with Gasteiger partial charge in [-0.25, -0.2) is 0 Å². The highest BCUT2D eigenvalue weighted by Crippen LogP contribution is 2.28. The van der Waals surface area contributed by atoms with E-state index in [0.717, 1.165) is 13.1 Å². The second-order valence-corrected chi connectivity index (χ2v) is 5.75. The molecule has 1 aromatic carbocycles. The summed E-state index contributed by atoms with van der Waals surface area (Å²) in [5, 5.41) is 0. The molecule has 1 fully saturated rings. The SMILES string of the molecule is Cc1cccc(CN(C)C2CCCCC2CN)c1. The highest BCUT2D eigenvalue weighted by Gasteiger charge is 2.27. The molecule has 0 aliphatic heterocycles. The van der Waals surface area contributed by atoms with Crippen LogP contribution in [0.25, 0.3) is 0 Å². The number of rotatable bonds is 4. The zero-order valence-corrected chi connectivity index (χ0v) is 11.7. The predicted molar refractivity (Wildman–Crippen MR) is 77.4 cm³/mol. The Labute approximate surface area is 111 Å². The van der Waals surface area contributed by atoms with Gasteiger partial charge in [-0.1, -0.05) is 42.7 Å². The smallest absolute Gasteiger partial charge is 0.0233 e. The van der Waals surface area contributed by atoms with Crippen LogP contribution in [0.2, 0.25) is 0 Å². The van der Waals surface area contributed by atoms with Crippen LogP contribution in [0, 0.1) is 12.8 Å². The van der Waals surface area contributed by atoms with Gasteiger partial charge in [-0.15, -0.1) is 0 Å². The molecule has 100 valence electrons. The van der Waals surface area contributed by atoms with Gasteiger partial charge in [-0.2, -0.15) is 0 Å². The zero-order chi connectivity index (χ0) is 13.0. The lowest BCUT2D eigenvalue weighted by atomic mass is 9.83. The normalized spacial score (nSPS) is 24.4. The molecule has 2 heteroatoms. The summed E-state index contributed by atoms with van der Waals surface area (Å²) in [7, 11) is 2.25. The van der Waals surface area contributed by atoms with E-state index in [9.17, 15) is 0 Å². The molecule has 0 saturated heterocycles. The van der Waals surface area contributed by atoms with Crippen LogP contribution in [0.1, 0.15) is 36.8 Å². The zero-order valence-electron chi connectivity index (χ0n) is 11.7. The maximum Gasteiger partial charge on any atom is 0.0233 e.